The van der Waals surface area contributed by atoms with Crippen LogP contribution in [0.1, 0.15) is 63.5 Å². The van der Waals surface area contributed by atoms with Crippen LogP contribution in [0.3, 0.4) is 0 Å². The summed E-state index contributed by atoms with van der Waals surface area (Å²) in [4.78, 5) is 28.9. The third-order valence-corrected chi connectivity index (χ3v) is 8.27. The summed E-state index contributed by atoms with van der Waals surface area (Å²) in [6.07, 6.45) is 7.31. The molecule has 1 unspecified atom stereocenters. The van der Waals surface area contributed by atoms with Gasteiger partial charge < -0.3 is 15.0 Å². The molecule has 8 nitrogen and oxygen atoms in total. The molecule has 1 aliphatic carbocycles. The molecular formula is C29H41N3O5S. The van der Waals surface area contributed by atoms with Gasteiger partial charge in [-0.2, -0.15) is 0 Å². The van der Waals surface area contributed by atoms with Crippen LogP contribution in [-0.2, 0) is 32.6 Å². The number of methoxy groups -OCH3 is 1. The van der Waals surface area contributed by atoms with E-state index in [1.165, 1.54) is 11.3 Å². The van der Waals surface area contributed by atoms with Crippen LogP contribution < -0.4 is 14.4 Å². The number of anilines is 1. The Morgan fingerprint density at radius 3 is 2.39 bits per heavy atom. The van der Waals surface area contributed by atoms with Gasteiger partial charge in [0.2, 0.25) is 21.8 Å². The van der Waals surface area contributed by atoms with Gasteiger partial charge in [-0.1, -0.05) is 63.4 Å². The number of hydrogen-bond donors (Lipinski definition) is 1. The first kappa shape index (κ1) is 29.5. The number of carbonyl (C=O) groups is 2. The van der Waals surface area contributed by atoms with Crippen LogP contribution in [0.15, 0.2) is 48.5 Å². The van der Waals surface area contributed by atoms with Crippen LogP contribution in [0.25, 0.3) is 0 Å². The zero-order chi connectivity index (χ0) is 27.7. The number of sulfonamides is 1. The summed E-state index contributed by atoms with van der Waals surface area (Å²) in [5.74, 6) is 0.00884. The van der Waals surface area contributed by atoms with Gasteiger partial charge in [0.1, 0.15) is 18.3 Å². The van der Waals surface area contributed by atoms with Gasteiger partial charge >= 0.3 is 0 Å². The zero-order valence-corrected chi connectivity index (χ0v) is 23.8. The van der Waals surface area contributed by atoms with E-state index in [0.717, 1.165) is 47.4 Å². The Bertz CT molecular complexity index is 1190. The van der Waals surface area contributed by atoms with E-state index in [-0.39, 0.29) is 18.5 Å². The lowest BCUT2D eigenvalue weighted by Crippen LogP contribution is -2.54. The number of ether oxygens (including phenoxy) is 1. The smallest absolute Gasteiger partial charge is 0.244 e. The van der Waals surface area contributed by atoms with Gasteiger partial charge in [-0.05, 0) is 55.0 Å². The lowest BCUT2D eigenvalue weighted by atomic mass is 9.95. The fourth-order valence-electron chi connectivity index (χ4n) is 5.08. The third kappa shape index (κ3) is 7.72. The van der Waals surface area contributed by atoms with E-state index in [1.54, 1.807) is 19.2 Å². The van der Waals surface area contributed by atoms with Crippen LogP contribution in [0.5, 0.6) is 5.75 Å². The Kier molecular flexibility index (Phi) is 10.6. The molecule has 0 saturated heterocycles. The molecule has 38 heavy (non-hydrogen) atoms. The molecule has 1 saturated carbocycles. The number of aryl methyl sites for hydroxylation is 1. The van der Waals surface area contributed by atoms with E-state index >= 15 is 0 Å². The maximum absolute atomic E-state index is 13.9. The molecule has 1 atom stereocenters. The molecule has 0 aromatic heterocycles. The monoisotopic (exact) mass is 543 g/mol. The quantitative estimate of drug-likeness (QED) is 0.431. The second kappa shape index (κ2) is 13.6. The summed E-state index contributed by atoms with van der Waals surface area (Å²) >= 11 is 0. The normalized spacial score (nSPS) is 14.9. The van der Waals surface area contributed by atoms with Gasteiger partial charge in [0.05, 0.1) is 19.1 Å². The number of amides is 2. The summed E-state index contributed by atoms with van der Waals surface area (Å²) in [5, 5.41) is 3.16. The first-order valence-corrected chi connectivity index (χ1v) is 15.3. The molecule has 9 heteroatoms. The fourth-order valence-corrected chi connectivity index (χ4v) is 5.96. The third-order valence-electron chi connectivity index (χ3n) is 7.14. The molecule has 2 aromatic rings. The first-order valence-electron chi connectivity index (χ1n) is 13.5. The number of hydrogen-bond acceptors (Lipinski definition) is 5. The van der Waals surface area contributed by atoms with Gasteiger partial charge in [-0.3, -0.25) is 13.9 Å². The molecular weight excluding hydrogens is 502 g/mol. The Morgan fingerprint density at radius 1 is 1.05 bits per heavy atom. The molecule has 0 spiro atoms. The topological polar surface area (TPSA) is 96.0 Å². The molecule has 2 aromatic carbocycles. The number of nitrogens with one attached hydrogen (secondary N) is 1. The largest absolute Gasteiger partial charge is 0.497 e. The Balaban J connectivity index is 1.95. The van der Waals surface area contributed by atoms with E-state index in [4.69, 9.17) is 4.74 Å². The molecule has 1 N–H and O–H groups in total. The molecule has 0 radical (unpaired) electrons. The van der Waals surface area contributed by atoms with Crippen molar-refractivity contribution in [1.82, 2.24) is 10.2 Å². The van der Waals surface area contributed by atoms with Gasteiger partial charge in [-0.15, -0.1) is 0 Å². The van der Waals surface area contributed by atoms with Gasteiger partial charge in [0, 0.05) is 12.6 Å². The van der Waals surface area contributed by atoms with Gasteiger partial charge in [0.15, 0.2) is 0 Å². The van der Waals surface area contributed by atoms with Crippen molar-refractivity contribution in [3.05, 3.63) is 59.7 Å². The maximum atomic E-state index is 13.9. The predicted octanol–water partition coefficient (Wildman–Crippen LogP) is 4.28. The van der Waals surface area contributed by atoms with E-state index in [1.807, 2.05) is 50.2 Å². The summed E-state index contributed by atoms with van der Waals surface area (Å²) in [7, 11) is -2.20. The van der Waals surface area contributed by atoms with Crippen molar-refractivity contribution < 1.29 is 22.7 Å². The van der Waals surface area contributed by atoms with Gasteiger partial charge in [0.25, 0.3) is 0 Å². The number of rotatable bonds is 12. The van der Waals surface area contributed by atoms with E-state index in [0.29, 0.717) is 24.3 Å². The highest BCUT2D eigenvalue weighted by Gasteiger charge is 2.33. The second-order valence-electron chi connectivity index (χ2n) is 9.89. The molecule has 208 valence electrons. The predicted molar refractivity (Wildman–Crippen MR) is 151 cm³/mol. The minimum Gasteiger partial charge on any atom is -0.497 e. The Hall–Kier alpha value is -3.07. The SMILES string of the molecule is CCc1ccccc1N(CC(=O)N(Cc1cccc(OC)c1)C(CC)C(=O)NC1CCCCC1)S(C)(=O)=O. The summed E-state index contributed by atoms with van der Waals surface area (Å²) in [6, 6.07) is 13.9. The van der Waals surface area contributed by atoms with Crippen LogP contribution in [0.2, 0.25) is 0 Å². The minimum absolute atomic E-state index is 0.100. The van der Waals surface area contributed by atoms with Crippen molar-refractivity contribution >= 4 is 27.5 Å². The van der Waals surface area contributed by atoms with Crippen molar-refractivity contribution in [2.24, 2.45) is 0 Å². The van der Waals surface area contributed by atoms with Crippen LogP contribution in [0, 0.1) is 0 Å². The zero-order valence-electron chi connectivity index (χ0n) is 23.0. The summed E-state index contributed by atoms with van der Waals surface area (Å²) in [5.41, 5.74) is 2.10. The van der Waals surface area contributed by atoms with E-state index in [9.17, 15) is 18.0 Å². The van der Waals surface area contributed by atoms with Crippen molar-refractivity contribution in [3.63, 3.8) is 0 Å². The Morgan fingerprint density at radius 2 is 1.76 bits per heavy atom. The fraction of sp³-hybridized carbons (Fsp3) is 0.517. The van der Waals surface area contributed by atoms with Crippen LogP contribution in [0.4, 0.5) is 5.69 Å². The van der Waals surface area contributed by atoms with Gasteiger partial charge in [-0.25, -0.2) is 8.42 Å². The first-order chi connectivity index (χ1) is 18.2. The van der Waals surface area contributed by atoms with Crippen LogP contribution >= 0.6 is 0 Å². The van der Waals surface area contributed by atoms with Crippen molar-refractivity contribution in [2.45, 2.75) is 77.4 Å². The highest BCUT2D eigenvalue weighted by Crippen LogP contribution is 2.25. The van der Waals surface area contributed by atoms with E-state index < -0.39 is 28.5 Å². The highest BCUT2D eigenvalue weighted by atomic mass is 32.2. The van der Waals surface area contributed by atoms with Crippen molar-refractivity contribution in [2.75, 3.05) is 24.2 Å². The summed E-state index contributed by atoms with van der Waals surface area (Å²) < 4.78 is 32.3. The minimum atomic E-state index is -3.77. The Labute approximate surface area is 227 Å². The standard InChI is InChI=1S/C29H41N3O5S/c1-5-23-14-10-11-18-27(23)32(38(4,35)36)21-28(33)31(20-22-13-12-17-25(19-22)37-3)26(6-2)29(34)30-24-15-8-7-9-16-24/h10-14,17-19,24,26H,5-9,15-16,20-21H2,1-4H3,(H,30,34). The lowest BCUT2D eigenvalue weighted by Gasteiger charge is -2.34. The van der Waals surface area contributed by atoms with Crippen LogP contribution in [-0.4, -0.2) is 57.1 Å². The molecule has 1 aliphatic rings. The average molecular weight is 544 g/mol. The van der Waals surface area contributed by atoms with E-state index in [2.05, 4.69) is 5.32 Å². The highest BCUT2D eigenvalue weighted by molar-refractivity contribution is 7.92. The number of carbonyl (C=O) groups excluding carboxylic acids is 2. The lowest BCUT2D eigenvalue weighted by molar-refractivity contribution is -0.140. The molecule has 2 amide bonds. The maximum Gasteiger partial charge on any atom is 0.244 e. The molecule has 0 heterocycles. The summed E-state index contributed by atoms with van der Waals surface area (Å²) in [6.45, 7) is 3.57. The number of para-hydroxylation sites is 1. The number of nitrogens with zero attached hydrogens (tertiary/aromatic N) is 2. The molecule has 0 bridgehead atoms. The molecule has 1 fully saturated rings. The molecule has 3 rings (SSSR count). The average Bonchev–Trinajstić information content (AvgIpc) is 2.91. The molecule has 0 aliphatic heterocycles. The van der Waals surface area contributed by atoms with Crippen molar-refractivity contribution in [1.29, 1.82) is 0 Å². The number of benzene rings is 2. The second-order valence-corrected chi connectivity index (χ2v) is 11.8. The van der Waals surface area contributed by atoms with Crippen molar-refractivity contribution in [3.8, 4) is 5.75 Å².